The Balaban J connectivity index is 2.81. The van der Waals surface area contributed by atoms with E-state index in [2.05, 4.69) is 25.9 Å². The maximum atomic E-state index is 13.8. The zero-order valence-corrected chi connectivity index (χ0v) is 10.3. The Morgan fingerprint density at radius 2 is 2.31 bits per heavy atom. The van der Waals surface area contributed by atoms with Crippen LogP contribution in [0.15, 0.2) is 17.1 Å². The third-order valence-electron chi connectivity index (χ3n) is 2.49. The number of nitrogens with zero attached hydrogens (tertiary/aromatic N) is 1. The highest BCUT2D eigenvalue weighted by Crippen LogP contribution is 2.18. The van der Waals surface area contributed by atoms with E-state index in [1.807, 2.05) is 6.92 Å². The molecule has 16 heavy (non-hydrogen) atoms. The fraction of sp³-hybridized carbons (Fsp3) is 0.273. The van der Waals surface area contributed by atoms with Gasteiger partial charge in [0.25, 0.3) is 5.56 Å². The third-order valence-corrected chi connectivity index (χ3v) is 3.02. The first kappa shape index (κ1) is 11.3. The van der Waals surface area contributed by atoms with Crippen molar-refractivity contribution >= 4 is 26.8 Å². The average molecular weight is 285 g/mol. The Hall–Kier alpha value is -1.23. The highest BCUT2D eigenvalue weighted by molar-refractivity contribution is 9.08. The Morgan fingerprint density at radius 3 is 2.94 bits per heavy atom. The number of fused-ring (bicyclic) bond motifs is 1. The lowest BCUT2D eigenvalue weighted by Crippen LogP contribution is -2.12. The van der Waals surface area contributed by atoms with Crippen molar-refractivity contribution in [3.63, 3.8) is 0 Å². The van der Waals surface area contributed by atoms with Crippen LogP contribution in [0.3, 0.4) is 0 Å². The molecule has 0 fully saturated rings. The average Bonchev–Trinajstić information content (AvgIpc) is 2.30. The van der Waals surface area contributed by atoms with Crippen LogP contribution in [0.4, 0.5) is 4.39 Å². The van der Waals surface area contributed by atoms with Crippen LogP contribution in [0.1, 0.15) is 18.2 Å². The molecule has 0 aromatic carbocycles. The lowest BCUT2D eigenvalue weighted by molar-refractivity contribution is 0.618. The van der Waals surface area contributed by atoms with Gasteiger partial charge in [0.2, 0.25) is 0 Å². The normalized spacial score (nSPS) is 10.9. The maximum Gasteiger partial charge on any atom is 0.251 e. The Labute approximate surface area is 99.8 Å². The summed E-state index contributed by atoms with van der Waals surface area (Å²) in [6, 6.07) is 1.68. The molecule has 3 nitrogen and oxygen atoms in total. The number of rotatable bonds is 2. The Bertz CT molecular complexity index is 594. The Kier molecular flexibility index (Phi) is 3.05. The number of hydrogen-bond acceptors (Lipinski definition) is 2. The van der Waals surface area contributed by atoms with Crippen LogP contribution < -0.4 is 5.56 Å². The van der Waals surface area contributed by atoms with E-state index in [0.717, 1.165) is 0 Å². The number of halogens is 2. The second-order valence-corrected chi connectivity index (χ2v) is 4.02. The number of aryl methyl sites for hydroxylation is 1. The van der Waals surface area contributed by atoms with Crippen LogP contribution in [-0.2, 0) is 11.8 Å². The molecule has 0 aliphatic heterocycles. The Morgan fingerprint density at radius 1 is 1.56 bits per heavy atom. The van der Waals surface area contributed by atoms with Gasteiger partial charge in [0.05, 0.1) is 11.2 Å². The van der Waals surface area contributed by atoms with Crippen LogP contribution >= 0.6 is 15.9 Å². The van der Waals surface area contributed by atoms with Gasteiger partial charge in [-0.1, -0.05) is 22.9 Å². The minimum Gasteiger partial charge on any atom is -0.319 e. The first-order chi connectivity index (χ1) is 7.67. The van der Waals surface area contributed by atoms with Crippen molar-refractivity contribution in [1.82, 2.24) is 9.97 Å². The molecule has 0 amide bonds. The van der Waals surface area contributed by atoms with Crippen molar-refractivity contribution in [1.29, 1.82) is 0 Å². The minimum absolute atomic E-state index is 0.228. The van der Waals surface area contributed by atoms with Gasteiger partial charge in [-0.15, -0.1) is 0 Å². The zero-order chi connectivity index (χ0) is 11.7. The summed E-state index contributed by atoms with van der Waals surface area (Å²) < 4.78 is 13.8. The number of hydrogen-bond donors (Lipinski definition) is 1. The van der Waals surface area contributed by atoms with Gasteiger partial charge in [0.1, 0.15) is 0 Å². The van der Waals surface area contributed by atoms with E-state index in [-0.39, 0.29) is 11.1 Å². The molecule has 0 aliphatic carbocycles. The molecule has 2 rings (SSSR count). The lowest BCUT2D eigenvalue weighted by atomic mass is 10.1. The predicted octanol–water partition coefficient (Wildman–Crippen LogP) is 2.52. The maximum absolute atomic E-state index is 13.8. The van der Waals surface area contributed by atoms with E-state index in [9.17, 15) is 9.18 Å². The molecular formula is C11H10BrFN2O. The molecule has 84 valence electrons. The molecule has 2 aromatic heterocycles. The van der Waals surface area contributed by atoms with Gasteiger partial charge in [-0.2, -0.15) is 0 Å². The topological polar surface area (TPSA) is 45.8 Å². The molecule has 0 unspecified atom stereocenters. The first-order valence-electron chi connectivity index (χ1n) is 4.92. The summed E-state index contributed by atoms with van der Waals surface area (Å²) >= 11 is 3.15. The number of nitrogens with one attached hydrogen (secondary N) is 1. The van der Waals surface area contributed by atoms with E-state index in [1.165, 1.54) is 0 Å². The molecule has 5 heteroatoms. The van der Waals surface area contributed by atoms with E-state index in [4.69, 9.17) is 0 Å². The standard InChI is InChI=1S/C11H10BrFN2O/c1-2-6-3-7-5-14-8(4-12)9(13)10(7)15-11(6)16/h3,5H,2,4H2,1H3,(H,15,16). The monoisotopic (exact) mass is 284 g/mol. The van der Waals surface area contributed by atoms with Crippen molar-refractivity contribution in [2.75, 3.05) is 0 Å². The summed E-state index contributed by atoms with van der Waals surface area (Å²) in [7, 11) is 0. The summed E-state index contributed by atoms with van der Waals surface area (Å²) in [5.74, 6) is -0.464. The molecule has 2 heterocycles. The van der Waals surface area contributed by atoms with E-state index >= 15 is 0 Å². The van der Waals surface area contributed by atoms with Gasteiger partial charge in [0.15, 0.2) is 5.82 Å². The van der Waals surface area contributed by atoms with Crippen LogP contribution in [0.25, 0.3) is 10.9 Å². The van der Waals surface area contributed by atoms with Crippen LogP contribution in [0, 0.1) is 5.82 Å². The van der Waals surface area contributed by atoms with Gasteiger partial charge < -0.3 is 4.98 Å². The molecular weight excluding hydrogens is 275 g/mol. The van der Waals surface area contributed by atoms with E-state index in [1.54, 1.807) is 12.3 Å². The van der Waals surface area contributed by atoms with Gasteiger partial charge >= 0.3 is 0 Å². The SMILES string of the molecule is CCc1cc2cnc(CBr)c(F)c2[nH]c1=O. The summed E-state index contributed by atoms with van der Waals surface area (Å²) in [6.07, 6.45) is 2.19. The van der Waals surface area contributed by atoms with Crippen LogP contribution in [0.2, 0.25) is 0 Å². The van der Waals surface area contributed by atoms with E-state index < -0.39 is 5.82 Å². The molecule has 2 aromatic rings. The van der Waals surface area contributed by atoms with Crippen LogP contribution in [0.5, 0.6) is 0 Å². The fourth-order valence-corrected chi connectivity index (χ4v) is 1.97. The molecule has 0 atom stereocenters. The predicted molar refractivity (Wildman–Crippen MR) is 64.3 cm³/mol. The summed E-state index contributed by atoms with van der Waals surface area (Å²) in [5.41, 5.74) is 0.931. The minimum atomic E-state index is -0.464. The molecule has 0 saturated carbocycles. The number of alkyl halides is 1. The summed E-state index contributed by atoms with van der Waals surface area (Å²) in [4.78, 5) is 18.1. The molecule has 1 N–H and O–H groups in total. The van der Waals surface area contributed by atoms with Gasteiger partial charge in [0, 0.05) is 22.5 Å². The van der Waals surface area contributed by atoms with Crippen molar-refractivity contribution in [2.45, 2.75) is 18.7 Å². The van der Waals surface area contributed by atoms with Crippen molar-refractivity contribution in [2.24, 2.45) is 0 Å². The number of aromatic nitrogens is 2. The van der Waals surface area contributed by atoms with Gasteiger partial charge in [-0.25, -0.2) is 4.39 Å². The van der Waals surface area contributed by atoms with Crippen molar-refractivity contribution in [3.05, 3.63) is 39.7 Å². The molecule has 0 radical (unpaired) electrons. The molecule has 0 aliphatic rings. The summed E-state index contributed by atoms with van der Waals surface area (Å²) in [5, 5.41) is 0.949. The first-order valence-corrected chi connectivity index (χ1v) is 6.04. The number of H-pyrrole nitrogens is 1. The smallest absolute Gasteiger partial charge is 0.251 e. The highest BCUT2D eigenvalue weighted by Gasteiger charge is 2.10. The third kappa shape index (κ3) is 1.75. The summed E-state index contributed by atoms with van der Waals surface area (Å²) in [6.45, 7) is 1.88. The number of aromatic amines is 1. The largest absolute Gasteiger partial charge is 0.319 e. The highest BCUT2D eigenvalue weighted by atomic mass is 79.9. The van der Waals surface area contributed by atoms with Crippen molar-refractivity contribution < 1.29 is 4.39 Å². The van der Waals surface area contributed by atoms with Gasteiger partial charge in [-0.3, -0.25) is 9.78 Å². The molecule has 0 spiro atoms. The quantitative estimate of drug-likeness (QED) is 0.862. The fourth-order valence-electron chi connectivity index (χ4n) is 1.58. The van der Waals surface area contributed by atoms with Gasteiger partial charge in [-0.05, 0) is 12.5 Å². The van der Waals surface area contributed by atoms with Crippen molar-refractivity contribution in [3.8, 4) is 0 Å². The van der Waals surface area contributed by atoms with E-state index in [0.29, 0.717) is 28.4 Å². The zero-order valence-electron chi connectivity index (χ0n) is 8.68. The van der Waals surface area contributed by atoms with Crippen LogP contribution in [-0.4, -0.2) is 9.97 Å². The second kappa shape index (κ2) is 4.33. The second-order valence-electron chi connectivity index (χ2n) is 3.46. The lowest BCUT2D eigenvalue weighted by Gasteiger charge is -2.04. The molecule has 0 saturated heterocycles. The molecule has 0 bridgehead atoms. The number of pyridine rings is 2.